The van der Waals surface area contributed by atoms with Crippen LogP contribution in [0.25, 0.3) is 0 Å². The Morgan fingerprint density at radius 2 is 2.00 bits per heavy atom. The number of aryl methyl sites for hydroxylation is 1. The van der Waals surface area contributed by atoms with Gasteiger partial charge in [-0.3, -0.25) is 9.59 Å². The Morgan fingerprint density at radius 3 is 2.72 bits per heavy atom. The number of phenolic OH excluding ortho intramolecular Hbond substituents is 1. The number of benzene rings is 2. The lowest BCUT2D eigenvalue weighted by molar-refractivity contribution is -0.133. The fourth-order valence-corrected chi connectivity index (χ4v) is 2.93. The van der Waals surface area contributed by atoms with Crippen LogP contribution in [0.3, 0.4) is 0 Å². The van der Waals surface area contributed by atoms with Gasteiger partial charge >= 0.3 is 0 Å². The van der Waals surface area contributed by atoms with Crippen LogP contribution in [0.5, 0.6) is 5.75 Å². The zero-order valence-electron chi connectivity index (χ0n) is 13.8. The number of carbonyl (C=O) groups is 2. The van der Waals surface area contributed by atoms with Crippen molar-refractivity contribution in [3.05, 3.63) is 59.4 Å². The van der Waals surface area contributed by atoms with Gasteiger partial charge in [-0.25, -0.2) is 4.39 Å². The van der Waals surface area contributed by atoms with Gasteiger partial charge in [0.15, 0.2) is 11.6 Å². The zero-order valence-corrected chi connectivity index (χ0v) is 13.8. The van der Waals surface area contributed by atoms with Gasteiger partial charge in [-0.1, -0.05) is 35.9 Å². The van der Waals surface area contributed by atoms with Crippen LogP contribution in [0.4, 0.5) is 10.1 Å². The van der Waals surface area contributed by atoms with Crippen LogP contribution in [-0.4, -0.2) is 27.9 Å². The van der Waals surface area contributed by atoms with E-state index >= 15 is 0 Å². The number of carbonyl (C=O) groups excluding carboxylic acids is 2. The fourth-order valence-electron chi connectivity index (χ4n) is 2.93. The Kier molecular flexibility index (Phi) is 4.70. The Labute approximate surface area is 145 Å². The Hall–Kier alpha value is -2.89. The largest absolute Gasteiger partial charge is 0.505 e. The average molecular weight is 342 g/mol. The molecule has 5 nitrogen and oxygen atoms in total. The maximum Gasteiger partial charge on any atom is 0.247 e. The van der Waals surface area contributed by atoms with Crippen LogP contribution < -0.4 is 5.32 Å². The van der Waals surface area contributed by atoms with Gasteiger partial charge in [-0.2, -0.15) is 0 Å². The molecule has 130 valence electrons. The molecule has 0 spiro atoms. The SMILES string of the molecule is Cc1ccc(CN2C(=O)CCC2C(=O)Nc2cccc(O)c2F)cc1. The van der Waals surface area contributed by atoms with Crippen molar-refractivity contribution in [3.63, 3.8) is 0 Å². The third-order valence-corrected chi connectivity index (χ3v) is 4.34. The van der Waals surface area contributed by atoms with E-state index < -0.39 is 23.5 Å². The number of halogens is 1. The van der Waals surface area contributed by atoms with Crippen molar-refractivity contribution in [1.82, 2.24) is 4.90 Å². The first-order chi connectivity index (χ1) is 12.0. The van der Waals surface area contributed by atoms with Gasteiger partial charge in [-0.05, 0) is 31.0 Å². The number of anilines is 1. The number of likely N-dealkylation sites (tertiary alicyclic amines) is 1. The number of hydrogen-bond acceptors (Lipinski definition) is 3. The highest BCUT2D eigenvalue weighted by Crippen LogP contribution is 2.26. The summed E-state index contributed by atoms with van der Waals surface area (Å²) < 4.78 is 13.9. The van der Waals surface area contributed by atoms with E-state index in [-0.39, 0.29) is 18.0 Å². The molecule has 1 atom stereocenters. The minimum atomic E-state index is -0.884. The second kappa shape index (κ2) is 6.93. The molecule has 0 saturated carbocycles. The summed E-state index contributed by atoms with van der Waals surface area (Å²) in [6, 6.07) is 11.1. The molecule has 25 heavy (non-hydrogen) atoms. The summed E-state index contributed by atoms with van der Waals surface area (Å²) in [7, 11) is 0. The summed E-state index contributed by atoms with van der Waals surface area (Å²) in [6.45, 7) is 2.31. The molecule has 0 radical (unpaired) electrons. The van der Waals surface area contributed by atoms with E-state index in [1.54, 1.807) is 0 Å². The molecule has 2 aromatic carbocycles. The first-order valence-electron chi connectivity index (χ1n) is 8.09. The monoisotopic (exact) mass is 342 g/mol. The molecule has 1 aliphatic rings. The molecule has 0 bridgehead atoms. The summed E-state index contributed by atoms with van der Waals surface area (Å²) in [5.41, 5.74) is 1.95. The molecule has 2 amide bonds. The minimum Gasteiger partial charge on any atom is -0.505 e. The molecule has 0 aliphatic carbocycles. The molecule has 2 N–H and O–H groups in total. The van der Waals surface area contributed by atoms with Gasteiger partial charge in [0.05, 0.1) is 5.69 Å². The first-order valence-corrected chi connectivity index (χ1v) is 8.09. The van der Waals surface area contributed by atoms with Crippen LogP contribution in [0.15, 0.2) is 42.5 Å². The highest BCUT2D eigenvalue weighted by atomic mass is 19.1. The van der Waals surface area contributed by atoms with Crippen molar-refractivity contribution in [1.29, 1.82) is 0 Å². The second-order valence-electron chi connectivity index (χ2n) is 6.19. The van der Waals surface area contributed by atoms with E-state index in [0.717, 1.165) is 11.1 Å². The van der Waals surface area contributed by atoms with E-state index in [9.17, 15) is 19.1 Å². The normalized spacial score (nSPS) is 17.0. The molecule has 1 unspecified atom stereocenters. The third-order valence-electron chi connectivity index (χ3n) is 4.34. The summed E-state index contributed by atoms with van der Waals surface area (Å²) in [6.07, 6.45) is 0.670. The lowest BCUT2D eigenvalue weighted by Gasteiger charge is -2.24. The predicted octanol–water partition coefficient (Wildman–Crippen LogP) is 2.97. The molecular weight excluding hydrogens is 323 g/mol. The van der Waals surface area contributed by atoms with E-state index in [4.69, 9.17) is 0 Å². The van der Waals surface area contributed by atoms with Crippen LogP contribution in [0.2, 0.25) is 0 Å². The highest BCUT2D eigenvalue weighted by Gasteiger charge is 2.36. The number of nitrogens with one attached hydrogen (secondary N) is 1. The first kappa shape index (κ1) is 17.0. The fraction of sp³-hybridized carbons (Fsp3) is 0.263. The number of nitrogens with zero attached hydrogens (tertiary/aromatic N) is 1. The maximum absolute atomic E-state index is 13.9. The highest BCUT2D eigenvalue weighted by molar-refractivity contribution is 5.99. The predicted molar refractivity (Wildman–Crippen MR) is 91.4 cm³/mol. The third kappa shape index (κ3) is 3.63. The van der Waals surface area contributed by atoms with E-state index in [1.165, 1.54) is 23.1 Å². The smallest absolute Gasteiger partial charge is 0.247 e. The molecule has 2 aromatic rings. The summed E-state index contributed by atoms with van der Waals surface area (Å²) >= 11 is 0. The van der Waals surface area contributed by atoms with Gasteiger partial charge in [0.25, 0.3) is 0 Å². The lowest BCUT2D eigenvalue weighted by atomic mass is 10.1. The van der Waals surface area contributed by atoms with Crippen molar-refractivity contribution >= 4 is 17.5 Å². The number of hydrogen-bond donors (Lipinski definition) is 2. The van der Waals surface area contributed by atoms with Crippen molar-refractivity contribution in [2.75, 3.05) is 5.32 Å². The maximum atomic E-state index is 13.9. The van der Waals surface area contributed by atoms with Crippen LogP contribution in [-0.2, 0) is 16.1 Å². The number of rotatable bonds is 4. The molecule has 0 aromatic heterocycles. The van der Waals surface area contributed by atoms with Crippen molar-refractivity contribution < 1.29 is 19.1 Å². The van der Waals surface area contributed by atoms with Crippen LogP contribution in [0, 0.1) is 12.7 Å². The molecule has 1 aliphatic heterocycles. The van der Waals surface area contributed by atoms with Crippen LogP contribution >= 0.6 is 0 Å². The lowest BCUT2D eigenvalue weighted by Crippen LogP contribution is -2.41. The Morgan fingerprint density at radius 1 is 1.28 bits per heavy atom. The quantitative estimate of drug-likeness (QED) is 0.897. The van der Waals surface area contributed by atoms with E-state index in [1.807, 2.05) is 31.2 Å². The van der Waals surface area contributed by atoms with Gasteiger partial charge < -0.3 is 15.3 Å². The second-order valence-corrected chi connectivity index (χ2v) is 6.19. The Balaban J connectivity index is 1.75. The molecule has 1 heterocycles. The van der Waals surface area contributed by atoms with Gasteiger partial charge in [0, 0.05) is 13.0 Å². The van der Waals surface area contributed by atoms with Gasteiger partial charge in [0.1, 0.15) is 6.04 Å². The van der Waals surface area contributed by atoms with Gasteiger partial charge in [-0.15, -0.1) is 0 Å². The van der Waals surface area contributed by atoms with Crippen LogP contribution in [0.1, 0.15) is 24.0 Å². The molecule has 1 saturated heterocycles. The van der Waals surface area contributed by atoms with Crippen molar-refractivity contribution in [2.24, 2.45) is 0 Å². The summed E-state index contributed by atoms with van der Waals surface area (Å²) in [5, 5.41) is 11.9. The molecule has 6 heteroatoms. The average Bonchev–Trinajstić information content (AvgIpc) is 2.95. The number of amides is 2. The Bertz CT molecular complexity index is 805. The van der Waals surface area contributed by atoms with Gasteiger partial charge in [0.2, 0.25) is 11.8 Å². The molecule has 1 fully saturated rings. The van der Waals surface area contributed by atoms with E-state index in [2.05, 4.69) is 5.32 Å². The number of phenols is 1. The van der Waals surface area contributed by atoms with E-state index in [0.29, 0.717) is 13.0 Å². The van der Waals surface area contributed by atoms with Crippen molar-refractivity contribution in [3.8, 4) is 5.75 Å². The summed E-state index contributed by atoms with van der Waals surface area (Å²) in [5.74, 6) is -1.97. The summed E-state index contributed by atoms with van der Waals surface area (Å²) in [4.78, 5) is 26.2. The minimum absolute atomic E-state index is 0.0976. The molecular formula is C19H19FN2O3. The topological polar surface area (TPSA) is 69.6 Å². The molecule has 3 rings (SSSR count). The number of aromatic hydroxyl groups is 1. The van der Waals surface area contributed by atoms with Crippen molar-refractivity contribution in [2.45, 2.75) is 32.4 Å². The standard InChI is InChI=1S/C19H19FN2O3/c1-12-5-7-13(8-6-12)11-22-15(9-10-17(22)24)19(25)21-14-3-2-4-16(23)18(14)20/h2-8,15,23H,9-11H2,1H3,(H,21,25). The zero-order chi connectivity index (χ0) is 18.0.